The SMILES string of the molecule is CC1(O)COCCN(c2nc(OC[C@@]34CCCN3C[C@H](F)C4)nc3c(F)c(-c4ccc(F)c5sc(N)c(C#N)c45)c(F)cc23)C1. The summed E-state index contributed by atoms with van der Waals surface area (Å²) in [7, 11) is 0. The van der Waals surface area contributed by atoms with E-state index in [0.29, 0.717) is 13.0 Å². The first kappa shape index (κ1) is 29.9. The summed E-state index contributed by atoms with van der Waals surface area (Å²) in [6, 6.07) is 5.11. The largest absolute Gasteiger partial charge is 0.461 e. The standard InChI is InChI=1S/C31H30F4N6O3S/c1-30(42)13-40(7-8-43-14-30)28-18-9-21(34)23(17-3-4-20(33)26-22(17)19(11-36)27(37)45-26)24(35)25(18)38-29(39-28)44-15-31-5-2-6-41(31)12-16(32)10-31/h3-4,9,16,42H,2,5-8,10,12-15,37H2,1H3/t16-,30?,31+/m1/s1. The first-order chi connectivity index (χ1) is 21.5. The third kappa shape index (κ3) is 5.02. The molecule has 3 atom stereocenters. The van der Waals surface area contributed by atoms with Gasteiger partial charge in [0.25, 0.3) is 0 Å². The van der Waals surface area contributed by atoms with Gasteiger partial charge in [-0.05, 0) is 44.0 Å². The number of aromatic nitrogens is 2. The summed E-state index contributed by atoms with van der Waals surface area (Å²) < 4.78 is 73.6. The molecule has 9 nitrogen and oxygen atoms in total. The molecule has 14 heteroatoms. The fraction of sp³-hybridized carbons (Fsp3) is 0.452. The van der Waals surface area contributed by atoms with Crippen molar-refractivity contribution in [1.82, 2.24) is 14.9 Å². The Bertz CT molecular complexity index is 1880. The molecule has 0 saturated carbocycles. The van der Waals surface area contributed by atoms with Crippen molar-refractivity contribution >= 4 is 43.1 Å². The zero-order valence-corrected chi connectivity index (χ0v) is 25.2. The first-order valence-corrected chi connectivity index (χ1v) is 15.5. The van der Waals surface area contributed by atoms with E-state index in [0.717, 1.165) is 42.9 Å². The third-order valence-electron chi connectivity index (χ3n) is 9.02. The summed E-state index contributed by atoms with van der Waals surface area (Å²) in [6.07, 6.45) is 0.940. The molecule has 2 aromatic carbocycles. The lowest BCUT2D eigenvalue weighted by molar-refractivity contribution is -0.0123. The highest BCUT2D eigenvalue weighted by molar-refractivity contribution is 7.23. The Labute approximate surface area is 259 Å². The fourth-order valence-corrected chi connectivity index (χ4v) is 8.00. The van der Waals surface area contributed by atoms with E-state index >= 15 is 8.78 Å². The molecule has 0 amide bonds. The van der Waals surface area contributed by atoms with Crippen LogP contribution in [0.1, 0.15) is 31.7 Å². The van der Waals surface area contributed by atoms with E-state index in [-0.39, 0.29) is 81.9 Å². The number of ether oxygens (including phenoxy) is 2. The number of thiophene rings is 1. The summed E-state index contributed by atoms with van der Waals surface area (Å²) >= 11 is 0.822. The average Bonchev–Trinajstić information content (AvgIpc) is 3.59. The number of benzene rings is 2. The molecule has 7 rings (SSSR count). The minimum absolute atomic E-state index is 0.00255. The van der Waals surface area contributed by atoms with Gasteiger partial charge in [-0.3, -0.25) is 4.90 Å². The fourth-order valence-electron chi connectivity index (χ4n) is 7.05. The average molecular weight is 643 g/mol. The predicted molar refractivity (Wildman–Crippen MR) is 162 cm³/mol. The molecule has 0 radical (unpaired) electrons. The van der Waals surface area contributed by atoms with Crippen LogP contribution in [0.25, 0.3) is 32.1 Å². The lowest BCUT2D eigenvalue weighted by Gasteiger charge is -2.31. The smallest absolute Gasteiger partial charge is 0.319 e. The highest BCUT2D eigenvalue weighted by Crippen LogP contribution is 2.45. The third-order valence-corrected chi connectivity index (χ3v) is 10.0. The number of nitrogen functional groups attached to an aromatic ring is 1. The molecular formula is C31H30F4N6O3S. The van der Waals surface area contributed by atoms with Crippen LogP contribution in [-0.2, 0) is 4.74 Å². The summed E-state index contributed by atoms with van der Waals surface area (Å²) in [5.41, 5.74) is 3.24. The van der Waals surface area contributed by atoms with E-state index in [9.17, 15) is 19.1 Å². The maximum Gasteiger partial charge on any atom is 0.319 e. The molecule has 3 fully saturated rings. The molecule has 0 aliphatic carbocycles. The Morgan fingerprint density at radius 2 is 2.07 bits per heavy atom. The molecule has 5 heterocycles. The number of halogens is 4. The maximum absolute atomic E-state index is 16.7. The monoisotopic (exact) mass is 642 g/mol. The number of hydrogen-bond acceptors (Lipinski definition) is 10. The number of nitriles is 1. The van der Waals surface area contributed by atoms with Crippen LogP contribution in [-0.4, -0.2) is 83.3 Å². The quantitative estimate of drug-likeness (QED) is 0.292. The van der Waals surface area contributed by atoms with Crippen LogP contribution < -0.4 is 15.4 Å². The van der Waals surface area contributed by atoms with Crippen molar-refractivity contribution in [3.63, 3.8) is 0 Å². The second-order valence-electron chi connectivity index (χ2n) is 12.4. The molecule has 3 N–H and O–H groups in total. The van der Waals surface area contributed by atoms with Crippen molar-refractivity contribution in [2.75, 3.05) is 56.6 Å². The molecule has 45 heavy (non-hydrogen) atoms. The van der Waals surface area contributed by atoms with Crippen LogP contribution in [0.2, 0.25) is 0 Å². The molecule has 236 valence electrons. The van der Waals surface area contributed by atoms with E-state index in [2.05, 4.69) is 14.9 Å². The number of nitrogens with zero attached hydrogens (tertiary/aromatic N) is 5. The number of nitrogens with two attached hydrogens (primary N) is 1. The van der Waals surface area contributed by atoms with Gasteiger partial charge in [0, 0.05) is 30.3 Å². The van der Waals surface area contributed by atoms with Crippen LogP contribution >= 0.6 is 11.3 Å². The van der Waals surface area contributed by atoms with Gasteiger partial charge in [-0.1, -0.05) is 6.07 Å². The van der Waals surface area contributed by atoms with Crippen LogP contribution in [0.4, 0.5) is 28.4 Å². The molecule has 0 bridgehead atoms. The normalized spacial score (nSPS) is 25.5. The van der Waals surface area contributed by atoms with Gasteiger partial charge in [-0.25, -0.2) is 17.6 Å². The maximum atomic E-state index is 16.7. The molecule has 1 unspecified atom stereocenters. The number of β-amino-alcohol motifs (C(OH)–C–C–N with tert-alkyl or cyclic N) is 1. The molecule has 4 aromatic rings. The zero-order chi connectivity index (χ0) is 31.7. The topological polar surface area (TPSA) is 121 Å². The number of alkyl halides is 1. The van der Waals surface area contributed by atoms with Crippen LogP contribution in [0.15, 0.2) is 18.2 Å². The van der Waals surface area contributed by atoms with Gasteiger partial charge in [-0.15, -0.1) is 11.3 Å². The highest BCUT2D eigenvalue weighted by atomic mass is 32.1. The minimum Gasteiger partial charge on any atom is -0.461 e. The molecule has 3 aliphatic heterocycles. The summed E-state index contributed by atoms with van der Waals surface area (Å²) in [4.78, 5) is 12.7. The van der Waals surface area contributed by atoms with Crippen molar-refractivity contribution in [3.8, 4) is 23.2 Å². The highest BCUT2D eigenvalue weighted by Gasteiger charge is 2.49. The van der Waals surface area contributed by atoms with E-state index in [4.69, 9.17) is 15.2 Å². The second kappa shape index (κ2) is 10.9. The number of hydrogen-bond donors (Lipinski definition) is 2. The van der Waals surface area contributed by atoms with Gasteiger partial charge in [0.15, 0.2) is 5.82 Å². The van der Waals surface area contributed by atoms with Crippen molar-refractivity contribution in [2.24, 2.45) is 0 Å². The molecule has 0 spiro atoms. The van der Waals surface area contributed by atoms with Gasteiger partial charge >= 0.3 is 6.01 Å². The Balaban J connectivity index is 1.41. The number of anilines is 2. The summed E-state index contributed by atoms with van der Waals surface area (Å²) in [5.74, 6) is -2.60. The first-order valence-electron chi connectivity index (χ1n) is 14.7. The lowest BCUT2D eigenvalue weighted by Crippen LogP contribution is -2.44. The van der Waals surface area contributed by atoms with Gasteiger partial charge in [0.05, 0.1) is 41.1 Å². The van der Waals surface area contributed by atoms with E-state index in [1.807, 2.05) is 6.07 Å². The number of aliphatic hydroxyl groups is 1. The summed E-state index contributed by atoms with van der Waals surface area (Å²) in [5, 5.41) is 20.7. The van der Waals surface area contributed by atoms with E-state index < -0.39 is 40.3 Å². The molecule has 3 saturated heterocycles. The molecule has 2 aromatic heterocycles. The van der Waals surface area contributed by atoms with Crippen molar-refractivity contribution in [3.05, 3.63) is 41.2 Å². The van der Waals surface area contributed by atoms with Crippen LogP contribution in [0, 0.1) is 28.8 Å². The van der Waals surface area contributed by atoms with Crippen molar-refractivity contribution in [2.45, 2.75) is 43.5 Å². The Morgan fingerprint density at radius 3 is 2.87 bits per heavy atom. The van der Waals surface area contributed by atoms with Gasteiger partial charge in [0.1, 0.15) is 52.4 Å². The molecule has 3 aliphatic rings. The Hall–Kier alpha value is -3.77. The predicted octanol–water partition coefficient (Wildman–Crippen LogP) is 4.93. The van der Waals surface area contributed by atoms with E-state index in [1.54, 1.807) is 11.8 Å². The van der Waals surface area contributed by atoms with Gasteiger partial charge in [-0.2, -0.15) is 15.2 Å². The van der Waals surface area contributed by atoms with Gasteiger partial charge < -0.3 is 25.2 Å². The van der Waals surface area contributed by atoms with E-state index in [1.165, 1.54) is 6.07 Å². The minimum atomic E-state index is -1.29. The summed E-state index contributed by atoms with van der Waals surface area (Å²) in [6.45, 7) is 3.31. The second-order valence-corrected chi connectivity index (χ2v) is 13.4. The lowest BCUT2D eigenvalue weighted by atomic mass is 9.95. The van der Waals surface area contributed by atoms with Crippen LogP contribution in [0.5, 0.6) is 6.01 Å². The van der Waals surface area contributed by atoms with Gasteiger partial charge in [0.2, 0.25) is 0 Å². The van der Waals surface area contributed by atoms with Crippen LogP contribution in [0.3, 0.4) is 0 Å². The Morgan fingerprint density at radius 1 is 1.24 bits per heavy atom. The van der Waals surface area contributed by atoms with Crippen molar-refractivity contribution in [1.29, 1.82) is 5.26 Å². The molecular weight excluding hydrogens is 612 g/mol. The number of fused-ring (bicyclic) bond motifs is 3. The Kier molecular flexibility index (Phi) is 7.27. The van der Waals surface area contributed by atoms with Crippen molar-refractivity contribution < 1.29 is 32.1 Å². The number of rotatable bonds is 5. The zero-order valence-electron chi connectivity index (χ0n) is 24.4.